The van der Waals surface area contributed by atoms with Crippen molar-refractivity contribution >= 4 is 39.1 Å². The number of hydrogen-bond donors (Lipinski definition) is 1. The number of rotatable bonds is 6. The van der Waals surface area contributed by atoms with Gasteiger partial charge in [-0.15, -0.1) is 0 Å². The smallest absolute Gasteiger partial charge is 0.238 e. The van der Waals surface area contributed by atoms with Crippen molar-refractivity contribution < 1.29 is 9.53 Å². The van der Waals surface area contributed by atoms with Gasteiger partial charge in [0.05, 0.1) is 13.7 Å². The zero-order valence-corrected chi connectivity index (χ0v) is 16.2. The molecule has 0 aliphatic carbocycles. The molecule has 0 unspecified atom stereocenters. The van der Waals surface area contributed by atoms with Gasteiger partial charge in [0.15, 0.2) is 0 Å². The summed E-state index contributed by atoms with van der Waals surface area (Å²) in [6, 6.07) is 11.3. The zero-order valence-electron chi connectivity index (χ0n) is 13.9. The fourth-order valence-electron chi connectivity index (χ4n) is 2.40. The second-order valence-electron chi connectivity index (χ2n) is 5.59. The normalized spacial score (nSPS) is 10.8. The van der Waals surface area contributed by atoms with Gasteiger partial charge in [-0.3, -0.25) is 9.69 Å². The molecule has 0 spiro atoms. The average Bonchev–Trinajstić information content (AvgIpc) is 2.52. The standard InChI is InChI=1S/C18H20BrClN2O2/c1-12-15(20)5-4-6-16(12)21-18(23)11-22(2)10-13-9-14(19)7-8-17(13)24-3/h4-9H,10-11H2,1-3H3,(H,21,23). The Hall–Kier alpha value is -1.56. The minimum atomic E-state index is -0.0863. The maximum atomic E-state index is 12.3. The topological polar surface area (TPSA) is 41.6 Å². The van der Waals surface area contributed by atoms with E-state index in [1.54, 1.807) is 13.2 Å². The molecular formula is C18H20BrClN2O2. The van der Waals surface area contributed by atoms with Crippen LogP contribution in [-0.2, 0) is 11.3 Å². The van der Waals surface area contributed by atoms with Crippen LogP contribution in [0.2, 0.25) is 5.02 Å². The number of carbonyl (C=O) groups is 1. The van der Waals surface area contributed by atoms with Crippen LogP contribution in [0.4, 0.5) is 5.69 Å². The first-order valence-electron chi connectivity index (χ1n) is 7.46. The van der Waals surface area contributed by atoms with E-state index < -0.39 is 0 Å². The molecule has 0 heterocycles. The number of nitrogens with zero attached hydrogens (tertiary/aromatic N) is 1. The molecule has 0 saturated heterocycles. The summed E-state index contributed by atoms with van der Waals surface area (Å²) in [4.78, 5) is 14.2. The third kappa shape index (κ3) is 4.97. The highest BCUT2D eigenvalue weighted by Crippen LogP contribution is 2.25. The number of ether oxygens (including phenoxy) is 1. The monoisotopic (exact) mass is 410 g/mol. The lowest BCUT2D eigenvalue weighted by molar-refractivity contribution is -0.117. The highest BCUT2D eigenvalue weighted by atomic mass is 79.9. The van der Waals surface area contributed by atoms with Crippen LogP contribution < -0.4 is 10.1 Å². The second kappa shape index (κ2) is 8.51. The highest BCUT2D eigenvalue weighted by Gasteiger charge is 2.12. The summed E-state index contributed by atoms with van der Waals surface area (Å²) < 4.78 is 6.35. The number of amides is 1. The van der Waals surface area contributed by atoms with Gasteiger partial charge in [-0.25, -0.2) is 0 Å². The Morgan fingerprint density at radius 2 is 2.08 bits per heavy atom. The Bertz CT molecular complexity index is 737. The molecule has 2 aromatic carbocycles. The maximum Gasteiger partial charge on any atom is 0.238 e. The quantitative estimate of drug-likeness (QED) is 0.761. The minimum absolute atomic E-state index is 0.0863. The lowest BCUT2D eigenvalue weighted by Gasteiger charge is -2.19. The Morgan fingerprint density at radius 3 is 2.79 bits per heavy atom. The van der Waals surface area contributed by atoms with Crippen molar-refractivity contribution in [3.8, 4) is 5.75 Å². The summed E-state index contributed by atoms with van der Waals surface area (Å²) in [5, 5.41) is 3.54. The van der Waals surface area contributed by atoms with Gasteiger partial charge in [-0.2, -0.15) is 0 Å². The molecule has 0 atom stereocenters. The van der Waals surface area contributed by atoms with Crippen molar-refractivity contribution in [2.45, 2.75) is 13.5 Å². The van der Waals surface area contributed by atoms with Crippen molar-refractivity contribution in [3.05, 3.63) is 57.0 Å². The zero-order chi connectivity index (χ0) is 17.7. The van der Waals surface area contributed by atoms with E-state index in [1.807, 2.05) is 49.2 Å². The van der Waals surface area contributed by atoms with E-state index in [1.165, 1.54) is 0 Å². The Kier molecular flexibility index (Phi) is 6.66. The molecule has 0 radical (unpaired) electrons. The first-order valence-corrected chi connectivity index (χ1v) is 8.63. The van der Waals surface area contributed by atoms with Crippen LogP contribution in [0.25, 0.3) is 0 Å². The lowest BCUT2D eigenvalue weighted by Crippen LogP contribution is -2.30. The third-order valence-electron chi connectivity index (χ3n) is 3.64. The third-order valence-corrected chi connectivity index (χ3v) is 4.54. The van der Waals surface area contributed by atoms with Crippen molar-refractivity contribution in [2.75, 3.05) is 26.0 Å². The van der Waals surface area contributed by atoms with Crippen LogP contribution in [0.3, 0.4) is 0 Å². The summed E-state index contributed by atoms with van der Waals surface area (Å²) in [5.41, 5.74) is 2.62. The number of likely N-dealkylation sites (N-methyl/N-ethyl adjacent to an activating group) is 1. The van der Waals surface area contributed by atoms with E-state index in [0.717, 1.165) is 27.0 Å². The number of halogens is 2. The van der Waals surface area contributed by atoms with Gasteiger partial charge < -0.3 is 10.1 Å². The van der Waals surface area contributed by atoms with Crippen molar-refractivity contribution in [2.24, 2.45) is 0 Å². The van der Waals surface area contributed by atoms with Gasteiger partial charge in [0.1, 0.15) is 5.75 Å². The summed E-state index contributed by atoms with van der Waals surface area (Å²) >= 11 is 9.54. The van der Waals surface area contributed by atoms with Crippen LogP contribution in [0.1, 0.15) is 11.1 Å². The summed E-state index contributed by atoms with van der Waals surface area (Å²) in [6.07, 6.45) is 0. The molecule has 0 aliphatic rings. The fraction of sp³-hybridized carbons (Fsp3) is 0.278. The van der Waals surface area contributed by atoms with Gasteiger partial charge in [0.25, 0.3) is 0 Å². The van der Waals surface area contributed by atoms with Gasteiger partial charge in [-0.1, -0.05) is 33.6 Å². The molecule has 2 aromatic rings. The number of methoxy groups -OCH3 is 1. The molecule has 1 N–H and O–H groups in total. The van der Waals surface area contributed by atoms with Crippen LogP contribution in [0.5, 0.6) is 5.75 Å². The number of hydrogen-bond acceptors (Lipinski definition) is 3. The van der Waals surface area contributed by atoms with E-state index >= 15 is 0 Å². The molecule has 4 nitrogen and oxygen atoms in total. The van der Waals surface area contributed by atoms with Crippen LogP contribution in [0.15, 0.2) is 40.9 Å². The molecular weight excluding hydrogens is 392 g/mol. The molecule has 0 bridgehead atoms. The van der Waals surface area contributed by atoms with Crippen LogP contribution in [-0.4, -0.2) is 31.5 Å². The van der Waals surface area contributed by atoms with E-state index in [2.05, 4.69) is 21.2 Å². The van der Waals surface area contributed by atoms with Crippen molar-refractivity contribution in [1.29, 1.82) is 0 Å². The second-order valence-corrected chi connectivity index (χ2v) is 6.91. The summed E-state index contributed by atoms with van der Waals surface area (Å²) in [7, 11) is 3.53. The molecule has 0 saturated carbocycles. The van der Waals surface area contributed by atoms with E-state index in [0.29, 0.717) is 11.6 Å². The first kappa shape index (κ1) is 18.8. The number of benzene rings is 2. The summed E-state index contributed by atoms with van der Waals surface area (Å²) in [6.45, 7) is 2.75. The van der Waals surface area contributed by atoms with E-state index in [9.17, 15) is 4.79 Å². The van der Waals surface area contributed by atoms with Gasteiger partial charge in [-0.05, 0) is 49.9 Å². The molecule has 1 amide bonds. The largest absolute Gasteiger partial charge is 0.496 e. The maximum absolute atomic E-state index is 12.3. The molecule has 0 fully saturated rings. The van der Waals surface area contributed by atoms with Crippen molar-refractivity contribution in [1.82, 2.24) is 4.90 Å². The average molecular weight is 412 g/mol. The van der Waals surface area contributed by atoms with E-state index in [-0.39, 0.29) is 12.5 Å². The molecule has 128 valence electrons. The highest BCUT2D eigenvalue weighted by molar-refractivity contribution is 9.10. The van der Waals surface area contributed by atoms with Gasteiger partial charge in [0, 0.05) is 27.3 Å². The Balaban J connectivity index is 1.99. The number of carbonyl (C=O) groups excluding carboxylic acids is 1. The van der Waals surface area contributed by atoms with Crippen LogP contribution >= 0.6 is 27.5 Å². The summed E-state index contributed by atoms with van der Waals surface area (Å²) in [5.74, 6) is 0.716. The molecule has 2 rings (SSSR count). The predicted molar refractivity (Wildman–Crippen MR) is 102 cm³/mol. The fourth-order valence-corrected chi connectivity index (χ4v) is 2.98. The molecule has 0 aliphatic heterocycles. The van der Waals surface area contributed by atoms with Gasteiger partial charge >= 0.3 is 0 Å². The SMILES string of the molecule is COc1ccc(Br)cc1CN(C)CC(=O)Nc1cccc(Cl)c1C. The van der Waals surface area contributed by atoms with Gasteiger partial charge in [0.2, 0.25) is 5.91 Å². The number of anilines is 1. The molecule has 24 heavy (non-hydrogen) atoms. The minimum Gasteiger partial charge on any atom is -0.496 e. The first-order chi connectivity index (χ1) is 11.4. The Labute approximate surface area is 155 Å². The van der Waals surface area contributed by atoms with Crippen molar-refractivity contribution in [3.63, 3.8) is 0 Å². The van der Waals surface area contributed by atoms with E-state index in [4.69, 9.17) is 16.3 Å². The van der Waals surface area contributed by atoms with Crippen LogP contribution in [0, 0.1) is 6.92 Å². The lowest BCUT2D eigenvalue weighted by atomic mass is 10.2. The molecule has 6 heteroatoms. The molecule has 0 aromatic heterocycles. The predicted octanol–water partition coefficient (Wildman–Crippen LogP) is 4.49. The Morgan fingerprint density at radius 1 is 1.33 bits per heavy atom. The number of nitrogens with one attached hydrogen (secondary N) is 1.